The van der Waals surface area contributed by atoms with Crippen molar-refractivity contribution in [3.8, 4) is 6.07 Å². The molecular weight excluding hydrogens is 267 g/mol. The molecule has 0 spiro atoms. The summed E-state index contributed by atoms with van der Waals surface area (Å²) in [6.07, 6.45) is -5.01. The zero-order chi connectivity index (χ0) is 14.5. The van der Waals surface area contributed by atoms with Crippen molar-refractivity contribution in [1.82, 2.24) is 0 Å². The quantitative estimate of drug-likeness (QED) is 0.653. The predicted octanol–water partition coefficient (Wildman–Crippen LogP) is 3.98. The Morgan fingerprint density at radius 3 is 2.37 bits per heavy atom. The zero-order valence-electron chi connectivity index (χ0n) is 9.82. The summed E-state index contributed by atoms with van der Waals surface area (Å²) in [6, 6.07) is 3.78. The molecule has 0 aromatic heterocycles. The van der Waals surface area contributed by atoms with Gasteiger partial charge in [0.15, 0.2) is 11.6 Å². The van der Waals surface area contributed by atoms with Gasteiger partial charge in [0.05, 0.1) is 11.3 Å². The minimum Gasteiger partial charge on any atom is -0.383 e. The summed E-state index contributed by atoms with van der Waals surface area (Å²) in [6.45, 7) is 0.0956. The molecule has 0 saturated heterocycles. The van der Waals surface area contributed by atoms with Gasteiger partial charge in [-0.05, 0) is 25.0 Å². The maximum absolute atomic E-state index is 13.4. The van der Waals surface area contributed by atoms with Crippen LogP contribution in [-0.4, -0.2) is 12.7 Å². The van der Waals surface area contributed by atoms with Gasteiger partial charge in [-0.1, -0.05) is 0 Å². The molecule has 0 atom stereocenters. The summed E-state index contributed by atoms with van der Waals surface area (Å²) in [4.78, 5) is 0. The van der Waals surface area contributed by atoms with E-state index in [-0.39, 0.29) is 25.1 Å². The van der Waals surface area contributed by atoms with E-state index in [1.54, 1.807) is 0 Å². The average Bonchev–Trinajstić information content (AvgIpc) is 2.33. The number of alkyl halides is 3. The van der Waals surface area contributed by atoms with Crippen molar-refractivity contribution < 1.29 is 22.0 Å². The van der Waals surface area contributed by atoms with E-state index in [2.05, 4.69) is 5.32 Å². The molecule has 1 aromatic carbocycles. The molecule has 2 nitrogen and oxygen atoms in total. The van der Waals surface area contributed by atoms with Crippen LogP contribution in [0.4, 0.5) is 27.6 Å². The molecule has 0 fully saturated rings. The topological polar surface area (TPSA) is 35.8 Å². The standard InChI is InChI=1S/C12H11F5N2/c13-10-8(7-18)3-4-9(11(10)14)19-6-2-1-5-12(15,16)17/h3-4,19H,1-2,5-6H2. The van der Waals surface area contributed by atoms with Crippen LogP contribution in [0.2, 0.25) is 0 Å². The van der Waals surface area contributed by atoms with E-state index in [1.165, 1.54) is 12.1 Å². The number of hydrogen-bond donors (Lipinski definition) is 1. The molecule has 0 heterocycles. The number of halogens is 5. The summed E-state index contributed by atoms with van der Waals surface area (Å²) < 4.78 is 62.1. The lowest BCUT2D eigenvalue weighted by molar-refractivity contribution is -0.135. The van der Waals surface area contributed by atoms with Crippen molar-refractivity contribution in [2.24, 2.45) is 0 Å². The smallest absolute Gasteiger partial charge is 0.383 e. The van der Waals surface area contributed by atoms with E-state index >= 15 is 0 Å². The van der Waals surface area contributed by atoms with Gasteiger partial charge in [0.25, 0.3) is 0 Å². The van der Waals surface area contributed by atoms with Gasteiger partial charge in [-0.3, -0.25) is 0 Å². The van der Waals surface area contributed by atoms with Gasteiger partial charge in [0, 0.05) is 13.0 Å². The third kappa shape index (κ3) is 4.73. The molecule has 0 unspecified atom stereocenters. The van der Waals surface area contributed by atoms with Gasteiger partial charge in [0.2, 0.25) is 0 Å². The van der Waals surface area contributed by atoms with Gasteiger partial charge in [-0.25, -0.2) is 8.78 Å². The molecule has 0 saturated carbocycles. The van der Waals surface area contributed by atoms with E-state index in [0.717, 1.165) is 6.07 Å². The number of nitriles is 1. The third-order valence-electron chi connectivity index (χ3n) is 2.41. The van der Waals surface area contributed by atoms with Crippen molar-refractivity contribution in [1.29, 1.82) is 5.26 Å². The van der Waals surface area contributed by atoms with Crippen molar-refractivity contribution in [3.63, 3.8) is 0 Å². The molecule has 0 bridgehead atoms. The Hall–Kier alpha value is -1.84. The fourth-order valence-corrected chi connectivity index (χ4v) is 1.45. The first kappa shape index (κ1) is 15.2. The molecule has 1 aromatic rings. The van der Waals surface area contributed by atoms with Gasteiger partial charge < -0.3 is 5.32 Å². The Labute approximate surface area is 106 Å². The maximum Gasteiger partial charge on any atom is 0.389 e. The Bertz CT molecular complexity index is 476. The van der Waals surface area contributed by atoms with Gasteiger partial charge in [-0.15, -0.1) is 0 Å². The summed E-state index contributed by atoms with van der Waals surface area (Å²) in [5.74, 6) is -2.46. The molecule has 19 heavy (non-hydrogen) atoms. The number of rotatable bonds is 5. The third-order valence-corrected chi connectivity index (χ3v) is 2.41. The summed E-state index contributed by atoms with van der Waals surface area (Å²) in [5.41, 5.74) is -0.580. The average molecular weight is 278 g/mol. The molecule has 1 N–H and O–H groups in total. The van der Waals surface area contributed by atoms with Crippen molar-refractivity contribution in [2.75, 3.05) is 11.9 Å². The first-order valence-electron chi connectivity index (χ1n) is 5.54. The van der Waals surface area contributed by atoms with E-state index in [4.69, 9.17) is 5.26 Å². The highest BCUT2D eigenvalue weighted by Gasteiger charge is 2.25. The Morgan fingerprint density at radius 1 is 1.11 bits per heavy atom. The van der Waals surface area contributed by atoms with Crippen LogP contribution in [0, 0.1) is 23.0 Å². The monoisotopic (exact) mass is 278 g/mol. The number of nitrogens with zero attached hydrogens (tertiary/aromatic N) is 1. The predicted molar refractivity (Wildman–Crippen MR) is 59.5 cm³/mol. The van der Waals surface area contributed by atoms with Crippen LogP contribution in [-0.2, 0) is 0 Å². The number of anilines is 1. The molecule has 0 aliphatic carbocycles. The van der Waals surface area contributed by atoms with Crippen LogP contribution in [0.25, 0.3) is 0 Å². The fourth-order valence-electron chi connectivity index (χ4n) is 1.45. The van der Waals surface area contributed by atoms with Crippen LogP contribution in [0.15, 0.2) is 12.1 Å². The van der Waals surface area contributed by atoms with Crippen LogP contribution < -0.4 is 5.32 Å². The van der Waals surface area contributed by atoms with E-state index in [9.17, 15) is 22.0 Å². The first-order chi connectivity index (χ1) is 8.85. The second-order valence-corrected chi connectivity index (χ2v) is 3.90. The molecule has 7 heteroatoms. The number of nitrogens with one attached hydrogen (secondary N) is 1. The SMILES string of the molecule is N#Cc1ccc(NCCCCC(F)(F)F)c(F)c1F. The fraction of sp³-hybridized carbons (Fsp3) is 0.417. The maximum atomic E-state index is 13.4. The lowest BCUT2D eigenvalue weighted by atomic mass is 10.2. The molecule has 104 valence electrons. The minimum absolute atomic E-state index is 0.0864. The number of unbranched alkanes of at least 4 members (excludes halogenated alkanes) is 1. The summed E-state index contributed by atoms with van der Waals surface area (Å²) >= 11 is 0. The largest absolute Gasteiger partial charge is 0.389 e. The Morgan fingerprint density at radius 2 is 1.79 bits per heavy atom. The van der Waals surface area contributed by atoms with E-state index < -0.39 is 29.8 Å². The van der Waals surface area contributed by atoms with Gasteiger partial charge in [0.1, 0.15) is 6.07 Å². The molecule has 1 rings (SSSR count). The highest BCUT2D eigenvalue weighted by atomic mass is 19.4. The molecule has 0 amide bonds. The van der Waals surface area contributed by atoms with E-state index in [0.29, 0.717) is 0 Å². The lowest BCUT2D eigenvalue weighted by Crippen LogP contribution is -2.09. The van der Waals surface area contributed by atoms with E-state index in [1.807, 2.05) is 0 Å². The number of benzene rings is 1. The second-order valence-electron chi connectivity index (χ2n) is 3.90. The van der Waals surface area contributed by atoms with Crippen LogP contribution in [0.5, 0.6) is 0 Å². The Balaban J connectivity index is 2.47. The van der Waals surface area contributed by atoms with Crippen LogP contribution >= 0.6 is 0 Å². The Kier molecular flexibility index (Phi) is 5.10. The highest BCUT2D eigenvalue weighted by molar-refractivity contribution is 5.49. The van der Waals surface area contributed by atoms with Crippen LogP contribution in [0.1, 0.15) is 24.8 Å². The molecule has 0 aliphatic heterocycles. The normalized spacial score (nSPS) is 11.2. The van der Waals surface area contributed by atoms with Crippen molar-refractivity contribution in [3.05, 3.63) is 29.3 Å². The molecule has 0 radical (unpaired) electrons. The summed E-state index contributed by atoms with van der Waals surface area (Å²) in [7, 11) is 0. The molecule has 0 aliphatic rings. The van der Waals surface area contributed by atoms with Crippen molar-refractivity contribution in [2.45, 2.75) is 25.4 Å². The highest BCUT2D eigenvalue weighted by Crippen LogP contribution is 2.23. The van der Waals surface area contributed by atoms with Crippen LogP contribution in [0.3, 0.4) is 0 Å². The second kappa shape index (κ2) is 6.36. The van der Waals surface area contributed by atoms with Gasteiger partial charge >= 0.3 is 6.18 Å². The zero-order valence-corrected chi connectivity index (χ0v) is 9.82. The lowest BCUT2D eigenvalue weighted by Gasteiger charge is -2.09. The minimum atomic E-state index is -4.20. The number of hydrogen-bond acceptors (Lipinski definition) is 2. The summed E-state index contributed by atoms with van der Waals surface area (Å²) in [5, 5.41) is 11.0. The first-order valence-corrected chi connectivity index (χ1v) is 5.54. The van der Waals surface area contributed by atoms with Crippen molar-refractivity contribution >= 4 is 5.69 Å². The molecular formula is C12H11F5N2. The van der Waals surface area contributed by atoms with Gasteiger partial charge in [-0.2, -0.15) is 18.4 Å².